The molecule has 3 rings (SSSR count). The van der Waals surface area contributed by atoms with Crippen LogP contribution in [0.3, 0.4) is 0 Å². The van der Waals surface area contributed by atoms with Gasteiger partial charge in [0.05, 0.1) is 12.2 Å². The molecule has 0 aliphatic carbocycles. The van der Waals surface area contributed by atoms with Crippen LogP contribution in [-0.2, 0) is 9.53 Å². The first kappa shape index (κ1) is 22.1. The van der Waals surface area contributed by atoms with E-state index in [1.54, 1.807) is 31.2 Å². The highest BCUT2D eigenvalue weighted by Crippen LogP contribution is 2.23. The summed E-state index contributed by atoms with van der Waals surface area (Å²) in [5.74, 6) is -0.0140. The van der Waals surface area contributed by atoms with Crippen LogP contribution in [0.15, 0.2) is 78.9 Å². The molecule has 5 heteroatoms. The summed E-state index contributed by atoms with van der Waals surface area (Å²) in [6.45, 7) is 4.14. The number of amides is 1. The molecule has 31 heavy (non-hydrogen) atoms. The van der Waals surface area contributed by atoms with Gasteiger partial charge in [0.15, 0.2) is 6.10 Å². The highest BCUT2D eigenvalue weighted by molar-refractivity contribution is 5.95. The molecule has 3 aromatic rings. The van der Waals surface area contributed by atoms with Crippen LogP contribution in [0.1, 0.15) is 37.0 Å². The predicted molar refractivity (Wildman–Crippen MR) is 122 cm³/mol. The van der Waals surface area contributed by atoms with Gasteiger partial charge in [0, 0.05) is 5.69 Å². The molecule has 0 aliphatic rings. The van der Waals surface area contributed by atoms with Crippen LogP contribution in [0.2, 0.25) is 0 Å². The Labute approximate surface area is 183 Å². The molecule has 0 saturated carbocycles. The number of nitrogens with one attached hydrogen (secondary N) is 1. The Morgan fingerprint density at radius 3 is 2.16 bits per heavy atom. The number of hydrogen-bond acceptors (Lipinski definition) is 4. The minimum Gasteiger partial charge on any atom is -0.481 e. The fourth-order valence-electron chi connectivity index (χ4n) is 2.94. The highest BCUT2D eigenvalue weighted by atomic mass is 16.5. The van der Waals surface area contributed by atoms with E-state index in [1.165, 1.54) is 0 Å². The van der Waals surface area contributed by atoms with Crippen molar-refractivity contribution < 1.29 is 19.1 Å². The lowest BCUT2D eigenvalue weighted by atomic mass is 10.1. The number of benzene rings is 3. The van der Waals surface area contributed by atoms with E-state index >= 15 is 0 Å². The van der Waals surface area contributed by atoms with Gasteiger partial charge in [0.2, 0.25) is 0 Å². The van der Waals surface area contributed by atoms with Crippen LogP contribution in [0.5, 0.6) is 5.75 Å². The summed E-state index contributed by atoms with van der Waals surface area (Å²) in [4.78, 5) is 24.4. The largest absolute Gasteiger partial charge is 0.481 e. The average Bonchev–Trinajstić information content (AvgIpc) is 2.80. The molecule has 0 bridgehead atoms. The van der Waals surface area contributed by atoms with E-state index in [0.29, 0.717) is 23.6 Å². The van der Waals surface area contributed by atoms with Crippen molar-refractivity contribution in [2.24, 2.45) is 0 Å². The molecule has 0 aliphatic heterocycles. The molecular formula is C26H27NO4. The molecular weight excluding hydrogens is 390 g/mol. The minimum atomic E-state index is -0.679. The molecule has 3 aromatic carbocycles. The number of unbranched alkanes of at least 4 members (excludes halogenated alkanes) is 1. The lowest BCUT2D eigenvalue weighted by Crippen LogP contribution is -2.30. The van der Waals surface area contributed by atoms with Gasteiger partial charge in [-0.05, 0) is 60.9 Å². The summed E-state index contributed by atoms with van der Waals surface area (Å²) < 4.78 is 11.0. The zero-order valence-electron chi connectivity index (χ0n) is 17.8. The van der Waals surface area contributed by atoms with Gasteiger partial charge in [-0.15, -0.1) is 0 Å². The van der Waals surface area contributed by atoms with E-state index < -0.39 is 6.10 Å². The molecule has 1 unspecified atom stereocenters. The number of ether oxygens (including phenoxy) is 2. The number of hydrogen-bond donors (Lipinski definition) is 1. The number of rotatable bonds is 9. The molecule has 1 N–H and O–H groups in total. The number of carbonyl (C=O) groups is 2. The van der Waals surface area contributed by atoms with Crippen molar-refractivity contribution in [3.8, 4) is 16.9 Å². The Kier molecular flexibility index (Phi) is 7.82. The quantitative estimate of drug-likeness (QED) is 0.357. The topological polar surface area (TPSA) is 64.6 Å². The monoisotopic (exact) mass is 417 g/mol. The second-order valence-corrected chi connectivity index (χ2v) is 7.21. The van der Waals surface area contributed by atoms with E-state index in [9.17, 15) is 9.59 Å². The molecule has 0 spiro atoms. The van der Waals surface area contributed by atoms with Gasteiger partial charge in [-0.3, -0.25) is 4.79 Å². The zero-order valence-corrected chi connectivity index (χ0v) is 17.8. The van der Waals surface area contributed by atoms with Gasteiger partial charge in [-0.2, -0.15) is 0 Å². The van der Waals surface area contributed by atoms with Crippen molar-refractivity contribution >= 4 is 17.6 Å². The normalized spacial score (nSPS) is 11.4. The Hall–Kier alpha value is -3.60. The van der Waals surface area contributed by atoms with Crippen LogP contribution in [0.25, 0.3) is 11.1 Å². The van der Waals surface area contributed by atoms with Crippen LogP contribution in [0.4, 0.5) is 5.69 Å². The standard InChI is InChI=1S/C26H27NO4/c1-3-4-18-30-26(29)22-10-14-23(15-11-22)27-25(28)19(2)31-24-16-12-21(13-17-24)20-8-6-5-7-9-20/h5-17,19H,3-4,18H2,1-2H3,(H,27,28). The smallest absolute Gasteiger partial charge is 0.338 e. The Balaban J connectivity index is 1.52. The second-order valence-electron chi connectivity index (χ2n) is 7.21. The van der Waals surface area contributed by atoms with Crippen molar-refractivity contribution in [1.29, 1.82) is 0 Å². The third-order valence-electron chi connectivity index (χ3n) is 4.76. The Morgan fingerprint density at radius 1 is 0.871 bits per heavy atom. The van der Waals surface area contributed by atoms with Gasteiger partial charge >= 0.3 is 5.97 Å². The zero-order chi connectivity index (χ0) is 22.1. The SMILES string of the molecule is CCCCOC(=O)c1ccc(NC(=O)C(C)Oc2ccc(-c3ccccc3)cc2)cc1. The summed E-state index contributed by atoms with van der Waals surface area (Å²) in [5.41, 5.74) is 3.25. The summed E-state index contributed by atoms with van der Waals surface area (Å²) >= 11 is 0. The molecule has 160 valence electrons. The average molecular weight is 418 g/mol. The van der Waals surface area contributed by atoms with E-state index in [2.05, 4.69) is 5.32 Å². The van der Waals surface area contributed by atoms with Crippen LogP contribution in [-0.4, -0.2) is 24.6 Å². The van der Waals surface area contributed by atoms with Gasteiger partial charge in [0.1, 0.15) is 5.75 Å². The third kappa shape index (κ3) is 6.44. The highest BCUT2D eigenvalue weighted by Gasteiger charge is 2.15. The van der Waals surface area contributed by atoms with Gasteiger partial charge in [-0.1, -0.05) is 55.8 Å². The van der Waals surface area contributed by atoms with E-state index in [4.69, 9.17) is 9.47 Å². The van der Waals surface area contributed by atoms with Crippen molar-refractivity contribution in [2.75, 3.05) is 11.9 Å². The number of esters is 1. The molecule has 0 aromatic heterocycles. The number of anilines is 1. The summed E-state index contributed by atoms with van der Waals surface area (Å²) in [5, 5.41) is 2.80. The second kappa shape index (κ2) is 11.0. The van der Waals surface area contributed by atoms with Crippen molar-refractivity contribution in [1.82, 2.24) is 0 Å². The molecule has 0 fully saturated rings. The fourth-order valence-corrected chi connectivity index (χ4v) is 2.94. The van der Waals surface area contributed by atoms with Gasteiger partial charge < -0.3 is 14.8 Å². The minimum absolute atomic E-state index is 0.273. The van der Waals surface area contributed by atoms with E-state index in [1.807, 2.05) is 61.5 Å². The fraction of sp³-hybridized carbons (Fsp3) is 0.231. The van der Waals surface area contributed by atoms with Crippen LogP contribution in [0, 0.1) is 0 Å². The van der Waals surface area contributed by atoms with Crippen LogP contribution >= 0.6 is 0 Å². The maximum absolute atomic E-state index is 12.5. The molecule has 0 heterocycles. The molecule has 5 nitrogen and oxygen atoms in total. The maximum atomic E-state index is 12.5. The summed E-state index contributed by atoms with van der Waals surface area (Å²) in [6.07, 6.45) is 1.13. The van der Waals surface area contributed by atoms with E-state index in [-0.39, 0.29) is 11.9 Å². The van der Waals surface area contributed by atoms with Crippen molar-refractivity contribution in [2.45, 2.75) is 32.8 Å². The summed E-state index contributed by atoms with van der Waals surface area (Å²) in [7, 11) is 0. The first-order valence-corrected chi connectivity index (χ1v) is 10.5. The Morgan fingerprint density at radius 2 is 1.52 bits per heavy atom. The van der Waals surface area contributed by atoms with Crippen molar-refractivity contribution in [3.63, 3.8) is 0 Å². The van der Waals surface area contributed by atoms with Crippen LogP contribution < -0.4 is 10.1 Å². The molecule has 0 radical (unpaired) electrons. The Bertz CT molecular complexity index is 982. The molecule has 0 saturated heterocycles. The maximum Gasteiger partial charge on any atom is 0.338 e. The first-order chi connectivity index (χ1) is 15.1. The third-order valence-corrected chi connectivity index (χ3v) is 4.76. The lowest BCUT2D eigenvalue weighted by molar-refractivity contribution is -0.122. The van der Waals surface area contributed by atoms with Crippen molar-refractivity contribution in [3.05, 3.63) is 84.4 Å². The number of carbonyl (C=O) groups excluding carboxylic acids is 2. The lowest BCUT2D eigenvalue weighted by Gasteiger charge is -2.15. The van der Waals surface area contributed by atoms with Gasteiger partial charge in [0.25, 0.3) is 5.91 Å². The summed E-state index contributed by atoms with van der Waals surface area (Å²) in [6, 6.07) is 24.3. The van der Waals surface area contributed by atoms with E-state index in [0.717, 1.165) is 24.0 Å². The van der Waals surface area contributed by atoms with Gasteiger partial charge in [-0.25, -0.2) is 4.79 Å². The molecule has 1 atom stereocenters. The molecule has 1 amide bonds. The predicted octanol–water partition coefficient (Wildman–Crippen LogP) is 5.72. The first-order valence-electron chi connectivity index (χ1n) is 10.5.